The van der Waals surface area contributed by atoms with Gasteiger partial charge in [0.1, 0.15) is 22.3 Å². The molecular weight excluding hydrogens is 361 g/mol. The van der Waals surface area contributed by atoms with Crippen molar-refractivity contribution in [3.8, 4) is 5.75 Å². The lowest BCUT2D eigenvalue weighted by atomic mass is 10.3. The van der Waals surface area contributed by atoms with E-state index in [4.69, 9.17) is 4.74 Å². The van der Waals surface area contributed by atoms with Gasteiger partial charge in [-0.25, -0.2) is 22.5 Å². The molecule has 26 heavy (non-hydrogen) atoms. The van der Waals surface area contributed by atoms with Gasteiger partial charge in [0.15, 0.2) is 0 Å². The van der Waals surface area contributed by atoms with E-state index >= 15 is 0 Å². The van der Waals surface area contributed by atoms with Crippen LogP contribution in [-0.4, -0.2) is 52.7 Å². The predicted molar refractivity (Wildman–Crippen MR) is 97.7 cm³/mol. The molecule has 0 aliphatic heterocycles. The average Bonchev–Trinajstić information content (AvgIpc) is 2.58. The maximum absolute atomic E-state index is 13.4. The van der Waals surface area contributed by atoms with Gasteiger partial charge in [-0.1, -0.05) is 0 Å². The second kappa shape index (κ2) is 8.28. The second-order valence-electron chi connectivity index (χ2n) is 5.71. The minimum atomic E-state index is -3.91. The number of halogens is 1. The summed E-state index contributed by atoms with van der Waals surface area (Å²) in [6.07, 6.45) is 0. The predicted octanol–water partition coefficient (Wildman–Crippen LogP) is 1.39. The van der Waals surface area contributed by atoms with Crippen LogP contribution in [0.4, 0.5) is 16.2 Å². The van der Waals surface area contributed by atoms with Crippen molar-refractivity contribution >= 4 is 21.8 Å². The highest BCUT2D eigenvalue weighted by Gasteiger charge is 2.19. The number of hydrogen-bond donors (Lipinski definition) is 2. The Morgan fingerprint density at radius 2 is 1.92 bits per heavy atom. The van der Waals surface area contributed by atoms with E-state index in [1.165, 1.54) is 13.2 Å². The van der Waals surface area contributed by atoms with Gasteiger partial charge < -0.3 is 15.0 Å². The van der Waals surface area contributed by atoms with E-state index in [1.54, 1.807) is 0 Å². The molecule has 0 saturated carbocycles. The van der Waals surface area contributed by atoms with Crippen LogP contribution in [0.25, 0.3) is 0 Å². The summed E-state index contributed by atoms with van der Waals surface area (Å²) in [6, 6.07) is 5.16. The summed E-state index contributed by atoms with van der Waals surface area (Å²) in [4.78, 5) is 10.2. The van der Waals surface area contributed by atoms with Gasteiger partial charge in [-0.3, -0.25) is 0 Å². The number of nitrogens with one attached hydrogen (secondary N) is 2. The summed E-state index contributed by atoms with van der Waals surface area (Å²) >= 11 is 0. The van der Waals surface area contributed by atoms with Crippen LogP contribution in [0.2, 0.25) is 0 Å². The lowest BCUT2D eigenvalue weighted by Crippen LogP contribution is -2.29. The van der Waals surface area contributed by atoms with Gasteiger partial charge in [-0.05, 0) is 25.1 Å². The van der Waals surface area contributed by atoms with Crippen LogP contribution in [0, 0.1) is 12.7 Å². The van der Waals surface area contributed by atoms with Crippen LogP contribution in [0.5, 0.6) is 5.75 Å². The fourth-order valence-electron chi connectivity index (χ4n) is 2.16. The van der Waals surface area contributed by atoms with E-state index < -0.39 is 15.8 Å². The number of hydrogen-bond acceptors (Lipinski definition) is 7. The standard InChI is InChI=1S/C16H22FN5O3S/c1-11-9-15(22(2)3)21-16(20-11)18-7-8-19-26(23,24)14-10-12(17)5-6-13(14)25-4/h5-6,9-10,19H,7-8H2,1-4H3,(H,18,20,21). The Bertz CT molecular complexity index is 874. The highest BCUT2D eigenvalue weighted by atomic mass is 32.2. The third-order valence-corrected chi connectivity index (χ3v) is 4.90. The molecule has 0 aliphatic carbocycles. The van der Waals surface area contributed by atoms with Crippen LogP contribution in [0.1, 0.15) is 5.69 Å². The van der Waals surface area contributed by atoms with Crippen molar-refractivity contribution in [3.63, 3.8) is 0 Å². The molecule has 0 spiro atoms. The van der Waals surface area contributed by atoms with Gasteiger partial charge in [-0.2, -0.15) is 4.98 Å². The molecule has 0 unspecified atom stereocenters. The molecule has 0 bridgehead atoms. The van der Waals surface area contributed by atoms with Gasteiger partial charge in [0.05, 0.1) is 7.11 Å². The fraction of sp³-hybridized carbons (Fsp3) is 0.375. The maximum Gasteiger partial charge on any atom is 0.244 e. The van der Waals surface area contributed by atoms with Crippen molar-refractivity contribution < 1.29 is 17.5 Å². The molecule has 8 nitrogen and oxygen atoms in total. The highest BCUT2D eigenvalue weighted by molar-refractivity contribution is 7.89. The molecule has 0 saturated heterocycles. The Morgan fingerprint density at radius 3 is 2.58 bits per heavy atom. The van der Waals surface area contributed by atoms with Gasteiger partial charge in [0.2, 0.25) is 16.0 Å². The van der Waals surface area contributed by atoms with Crippen LogP contribution in [0.3, 0.4) is 0 Å². The summed E-state index contributed by atoms with van der Waals surface area (Å²) in [7, 11) is 1.15. The molecule has 1 aromatic heterocycles. The number of sulfonamides is 1. The lowest BCUT2D eigenvalue weighted by Gasteiger charge is -2.14. The van der Waals surface area contributed by atoms with E-state index in [0.717, 1.165) is 23.6 Å². The van der Waals surface area contributed by atoms with Crippen molar-refractivity contribution in [2.45, 2.75) is 11.8 Å². The number of rotatable bonds is 8. The largest absolute Gasteiger partial charge is 0.495 e. The SMILES string of the molecule is COc1ccc(F)cc1S(=O)(=O)NCCNc1nc(C)cc(N(C)C)n1. The molecule has 0 radical (unpaired) electrons. The third-order valence-electron chi connectivity index (χ3n) is 3.41. The second-order valence-corrected chi connectivity index (χ2v) is 7.44. The van der Waals surface area contributed by atoms with E-state index in [2.05, 4.69) is 20.0 Å². The maximum atomic E-state index is 13.4. The van der Waals surface area contributed by atoms with Crippen LogP contribution < -0.4 is 19.7 Å². The summed E-state index contributed by atoms with van der Waals surface area (Å²) in [6.45, 7) is 2.17. The van der Waals surface area contributed by atoms with E-state index in [1.807, 2.05) is 32.0 Å². The van der Waals surface area contributed by atoms with Crippen molar-refractivity contribution in [1.82, 2.24) is 14.7 Å². The number of aryl methyl sites for hydroxylation is 1. The summed E-state index contributed by atoms with van der Waals surface area (Å²) in [5.41, 5.74) is 0.788. The van der Waals surface area contributed by atoms with Crippen LogP contribution in [-0.2, 0) is 10.0 Å². The lowest BCUT2D eigenvalue weighted by molar-refractivity contribution is 0.400. The molecule has 10 heteroatoms. The van der Waals surface area contributed by atoms with Gasteiger partial charge >= 0.3 is 0 Å². The number of methoxy groups -OCH3 is 1. The van der Waals surface area contributed by atoms with Gasteiger partial charge in [-0.15, -0.1) is 0 Å². The molecule has 0 fully saturated rings. The highest BCUT2D eigenvalue weighted by Crippen LogP contribution is 2.24. The Hall–Kier alpha value is -2.46. The van der Waals surface area contributed by atoms with Crippen LogP contribution in [0.15, 0.2) is 29.2 Å². The molecule has 2 rings (SSSR count). The summed E-state index contributed by atoms with van der Waals surface area (Å²) in [5, 5.41) is 2.96. The first-order valence-corrected chi connectivity index (χ1v) is 9.31. The smallest absolute Gasteiger partial charge is 0.244 e. The molecule has 142 valence electrons. The van der Waals surface area contributed by atoms with Gasteiger partial charge in [0, 0.05) is 38.9 Å². The van der Waals surface area contributed by atoms with E-state index in [0.29, 0.717) is 5.95 Å². The van der Waals surface area contributed by atoms with Crippen molar-refractivity contribution in [2.24, 2.45) is 0 Å². The minimum Gasteiger partial charge on any atom is -0.495 e. The number of ether oxygens (including phenoxy) is 1. The zero-order valence-corrected chi connectivity index (χ0v) is 15.9. The van der Waals surface area contributed by atoms with E-state index in [-0.39, 0.29) is 23.7 Å². The van der Waals surface area contributed by atoms with Gasteiger partial charge in [0.25, 0.3) is 0 Å². The average molecular weight is 383 g/mol. The zero-order chi connectivity index (χ0) is 19.3. The number of nitrogens with zero attached hydrogens (tertiary/aromatic N) is 3. The number of benzene rings is 1. The quantitative estimate of drug-likeness (QED) is 0.665. The molecule has 1 heterocycles. The summed E-state index contributed by atoms with van der Waals surface area (Å²) in [5.74, 6) is 0.555. The van der Waals surface area contributed by atoms with Crippen molar-refractivity contribution in [2.75, 3.05) is 44.5 Å². The first kappa shape index (κ1) is 19.9. The Kier molecular flexibility index (Phi) is 6.32. The minimum absolute atomic E-state index is 0.0661. The molecule has 1 aromatic carbocycles. The molecule has 2 N–H and O–H groups in total. The Labute approximate surface area is 152 Å². The van der Waals surface area contributed by atoms with Crippen molar-refractivity contribution in [3.05, 3.63) is 35.8 Å². The number of aromatic nitrogens is 2. The van der Waals surface area contributed by atoms with Crippen LogP contribution >= 0.6 is 0 Å². The molecule has 0 amide bonds. The summed E-state index contributed by atoms with van der Waals surface area (Å²) < 4.78 is 45.5. The fourth-order valence-corrected chi connectivity index (χ4v) is 3.37. The molecule has 2 aromatic rings. The first-order valence-electron chi connectivity index (χ1n) is 7.83. The monoisotopic (exact) mass is 383 g/mol. The Balaban J connectivity index is 2.01. The molecule has 0 atom stereocenters. The normalized spacial score (nSPS) is 11.3. The molecule has 0 aliphatic rings. The Morgan fingerprint density at radius 1 is 1.19 bits per heavy atom. The first-order chi connectivity index (χ1) is 12.2. The third kappa shape index (κ3) is 5.02. The number of anilines is 2. The van der Waals surface area contributed by atoms with Crippen molar-refractivity contribution in [1.29, 1.82) is 0 Å². The molecular formula is C16H22FN5O3S. The zero-order valence-electron chi connectivity index (χ0n) is 15.1. The topological polar surface area (TPSA) is 96.5 Å². The van der Waals surface area contributed by atoms with E-state index in [9.17, 15) is 12.8 Å².